The quantitative estimate of drug-likeness (QED) is 0.307. The van der Waals surface area contributed by atoms with Gasteiger partial charge in [-0.25, -0.2) is 8.42 Å². The minimum Gasteiger partial charge on any atom is -0.409 e. The van der Waals surface area contributed by atoms with E-state index in [1.54, 1.807) is 0 Å². The lowest BCUT2D eigenvalue weighted by atomic mass is 10.1. The monoisotopic (exact) mass is 249 g/mol. The average molecular weight is 249 g/mol. The molecule has 0 aromatic carbocycles. The van der Waals surface area contributed by atoms with E-state index in [4.69, 9.17) is 10.9 Å². The van der Waals surface area contributed by atoms with Crippen molar-refractivity contribution < 1.29 is 13.6 Å². The van der Waals surface area contributed by atoms with Crippen molar-refractivity contribution >= 4 is 15.7 Å². The van der Waals surface area contributed by atoms with Gasteiger partial charge in [-0.15, -0.1) is 0 Å². The smallest absolute Gasteiger partial charge is 0.151 e. The van der Waals surface area contributed by atoms with Crippen LogP contribution in [0, 0.1) is 0 Å². The zero-order valence-corrected chi connectivity index (χ0v) is 10.4. The predicted octanol–water partition coefficient (Wildman–Crippen LogP) is -0.370. The predicted molar refractivity (Wildman–Crippen MR) is 62.3 cm³/mol. The SMILES string of the molecule is CC(CC(N)=NO)N(C)C1CCS(=O)(=O)C1. The van der Waals surface area contributed by atoms with Gasteiger partial charge in [0.05, 0.1) is 11.5 Å². The van der Waals surface area contributed by atoms with E-state index < -0.39 is 9.84 Å². The zero-order valence-electron chi connectivity index (χ0n) is 9.63. The number of amidine groups is 1. The Morgan fingerprint density at radius 3 is 2.75 bits per heavy atom. The number of sulfone groups is 1. The van der Waals surface area contributed by atoms with Crippen LogP contribution in [0.25, 0.3) is 0 Å². The highest BCUT2D eigenvalue weighted by Gasteiger charge is 2.32. The molecule has 0 spiro atoms. The fourth-order valence-electron chi connectivity index (χ4n) is 1.94. The van der Waals surface area contributed by atoms with E-state index >= 15 is 0 Å². The Morgan fingerprint density at radius 1 is 1.69 bits per heavy atom. The van der Waals surface area contributed by atoms with Crippen LogP contribution in [0.2, 0.25) is 0 Å². The molecule has 0 aromatic heterocycles. The molecule has 0 aromatic rings. The van der Waals surface area contributed by atoms with Gasteiger partial charge < -0.3 is 10.9 Å². The van der Waals surface area contributed by atoms with Gasteiger partial charge in [0.1, 0.15) is 5.84 Å². The Balaban J connectivity index is 2.55. The number of rotatable bonds is 4. The van der Waals surface area contributed by atoms with Crippen molar-refractivity contribution in [3.63, 3.8) is 0 Å². The number of nitrogens with two attached hydrogens (primary N) is 1. The van der Waals surface area contributed by atoms with Crippen LogP contribution >= 0.6 is 0 Å². The van der Waals surface area contributed by atoms with Crippen LogP contribution in [0.3, 0.4) is 0 Å². The zero-order chi connectivity index (χ0) is 12.3. The van der Waals surface area contributed by atoms with E-state index in [0.717, 1.165) is 0 Å². The molecule has 3 N–H and O–H groups in total. The molecule has 0 amide bonds. The third-order valence-electron chi connectivity index (χ3n) is 3.11. The normalized spacial score (nSPS) is 27.2. The summed E-state index contributed by atoms with van der Waals surface area (Å²) in [6, 6.07) is 0.112. The third-order valence-corrected chi connectivity index (χ3v) is 4.86. The molecule has 94 valence electrons. The molecular weight excluding hydrogens is 230 g/mol. The molecule has 1 fully saturated rings. The van der Waals surface area contributed by atoms with Crippen LogP contribution < -0.4 is 5.73 Å². The van der Waals surface area contributed by atoms with Gasteiger partial charge >= 0.3 is 0 Å². The first-order valence-corrected chi connectivity index (χ1v) is 7.06. The van der Waals surface area contributed by atoms with Crippen molar-refractivity contribution in [1.29, 1.82) is 0 Å². The van der Waals surface area contributed by atoms with Crippen molar-refractivity contribution in [3.8, 4) is 0 Å². The molecule has 0 radical (unpaired) electrons. The molecule has 16 heavy (non-hydrogen) atoms. The van der Waals surface area contributed by atoms with Crippen LogP contribution in [0.1, 0.15) is 19.8 Å². The van der Waals surface area contributed by atoms with Gasteiger partial charge in [-0.2, -0.15) is 0 Å². The first-order valence-electron chi connectivity index (χ1n) is 5.24. The minimum absolute atomic E-state index is 0.0477. The second-order valence-electron chi connectivity index (χ2n) is 4.37. The summed E-state index contributed by atoms with van der Waals surface area (Å²) in [6.07, 6.45) is 1.10. The van der Waals surface area contributed by atoms with E-state index in [1.165, 1.54) is 0 Å². The van der Waals surface area contributed by atoms with Crippen molar-refractivity contribution in [3.05, 3.63) is 0 Å². The third kappa shape index (κ3) is 3.34. The van der Waals surface area contributed by atoms with Crippen molar-refractivity contribution in [2.45, 2.75) is 31.8 Å². The summed E-state index contributed by atoms with van der Waals surface area (Å²) < 4.78 is 22.7. The highest BCUT2D eigenvalue weighted by atomic mass is 32.2. The highest BCUT2D eigenvalue weighted by molar-refractivity contribution is 7.91. The largest absolute Gasteiger partial charge is 0.409 e. The fourth-order valence-corrected chi connectivity index (χ4v) is 3.73. The van der Waals surface area contributed by atoms with Crippen molar-refractivity contribution in [2.75, 3.05) is 18.6 Å². The molecule has 6 nitrogen and oxygen atoms in total. The molecule has 1 aliphatic heterocycles. The van der Waals surface area contributed by atoms with Crippen LogP contribution in [-0.2, 0) is 9.84 Å². The fraction of sp³-hybridized carbons (Fsp3) is 0.889. The molecule has 1 heterocycles. The maximum atomic E-state index is 11.3. The van der Waals surface area contributed by atoms with Crippen LogP contribution in [0.15, 0.2) is 5.16 Å². The van der Waals surface area contributed by atoms with Gasteiger partial charge in [0, 0.05) is 18.5 Å². The molecule has 1 aliphatic rings. The summed E-state index contributed by atoms with van der Waals surface area (Å²) in [5, 5.41) is 11.4. The second-order valence-corrected chi connectivity index (χ2v) is 6.60. The van der Waals surface area contributed by atoms with Crippen LogP contribution in [0.4, 0.5) is 0 Å². The van der Waals surface area contributed by atoms with Crippen LogP contribution in [0.5, 0.6) is 0 Å². The lowest BCUT2D eigenvalue weighted by molar-refractivity contribution is 0.202. The molecule has 2 atom stereocenters. The van der Waals surface area contributed by atoms with E-state index in [2.05, 4.69) is 5.16 Å². The molecule has 1 saturated heterocycles. The Bertz CT molecular complexity index is 366. The summed E-state index contributed by atoms with van der Waals surface area (Å²) >= 11 is 0. The van der Waals surface area contributed by atoms with Gasteiger partial charge in [-0.05, 0) is 20.4 Å². The van der Waals surface area contributed by atoms with E-state index in [9.17, 15) is 8.42 Å². The number of oxime groups is 1. The maximum absolute atomic E-state index is 11.3. The first-order chi connectivity index (χ1) is 7.35. The highest BCUT2D eigenvalue weighted by Crippen LogP contribution is 2.19. The van der Waals surface area contributed by atoms with Crippen molar-refractivity contribution in [2.24, 2.45) is 10.9 Å². The average Bonchev–Trinajstić information content (AvgIpc) is 2.57. The van der Waals surface area contributed by atoms with Gasteiger partial charge in [0.15, 0.2) is 9.84 Å². The van der Waals surface area contributed by atoms with Gasteiger partial charge in [-0.1, -0.05) is 5.16 Å². The summed E-state index contributed by atoms with van der Waals surface area (Å²) in [6.45, 7) is 1.93. The summed E-state index contributed by atoms with van der Waals surface area (Å²) in [4.78, 5) is 1.99. The Kier molecular flexibility index (Phi) is 4.15. The van der Waals surface area contributed by atoms with Gasteiger partial charge in [0.2, 0.25) is 0 Å². The first kappa shape index (κ1) is 13.2. The van der Waals surface area contributed by atoms with Crippen LogP contribution in [-0.4, -0.2) is 55.0 Å². The number of hydrogen-bond donors (Lipinski definition) is 2. The summed E-state index contributed by atoms with van der Waals surface area (Å²) in [7, 11) is -0.985. The number of hydrogen-bond acceptors (Lipinski definition) is 5. The van der Waals surface area contributed by atoms with Gasteiger partial charge in [0.25, 0.3) is 0 Å². The van der Waals surface area contributed by atoms with E-state index in [-0.39, 0.29) is 29.4 Å². The second kappa shape index (κ2) is 5.01. The molecule has 0 saturated carbocycles. The minimum atomic E-state index is -2.86. The molecule has 0 bridgehead atoms. The summed E-state index contributed by atoms with van der Waals surface area (Å²) in [5.41, 5.74) is 5.42. The summed E-state index contributed by atoms with van der Waals surface area (Å²) in [5.74, 6) is 0.641. The molecule has 1 rings (SSSR count). The van der Waals surface area contributed by atoms with Gasteiger partial charge in [-0.3, -0.25) is 4.90 Å². The maximum Gasteiger partial charge on any atom is 0.151 e. The van der Waals surface area contributed by atoms with E-state index in [0.29, 0.717) is 12.8 Å². The Hall–Kier alpha value is -0.820. The molecule has 0 aliphatic carbocycles. The number of nitrogens with zero attached hydrogens (tertiary/aromatic N) is 2. The van der Waals surface area contributed by atoms with E-state index in [1.807, 2.05) is 18.9 Å². The molecule has 2 unspecified atom stereocenters. The Labute approximate surface area is 96.0 Å². The Morgan fingerprint density at radius 2 is 2.31 bits per heavy atom. The lowest BCUT2D eigenvalue weighted by Crippen LogP contribution is -2.41. The lowest BCUT2D eigenvalue weighted by Gasteiger charge is -2.29. The molecular formula is C9H19N3O3S. The standard InChI is InChI=1S/C9H19N3O3S/c1-7(5-9(10)11-13)12(2)8-3-4-16(14,15)6-8/h7-8,13H,3-6H2,1-2H3,(H2,10,11). The molecule has 7 heteroatoms. The van der Waals surface area contributed by atoms with Crippen molar-refractivity contribution in [1.82, 2.24) is 4.90 Å². The topological polar surface area (TPSA) is 96.0 Å².